The molecule has 1 aromatic carbocycles. The van der Waals surface area contributed by atoms with Gasteiger partial charge >= 0.3 is 0 Å². The first kappa shape index (κ1) is 15.2. The van der Waals surface area contributed by atoms with E-state index in [1.165, 1.54) is 0 Å². The van der Waals surface area contributed by atoms with Crippen LogP contribution in [0.25, 0.3) is 0 Å². The molecule has 1 heterocycles. The fourth-order valence-electron chi connectivity index (χ4n) is 2.31. The maximum atomic E-state index is 12.0. The standard InChI is InChI=1S/C15H20N2O4/c1-11-9-14(18)16-10-15(19)17(11)7-8-21-13-6-4-3-5-12(13)20-2/h3-6,11H,7-10H2,1-2H3,(H,16,18). The van der Waals surface area contributed by atoms with Crippen molar-refractivity contribution in [3.63, 3.8) is 0 Å². The van der Waals surface area contributed by atoms with E-state index in [4.69, 9.17) is 9.47 Å². The molecule has 21 heavy (non-hydrogen) atoms. The van der Waals surface area contributed by atoms with Gasteiger partial charge in [0.2, 0.25) is 11.8 Å². The summed E-state index contributed by atoms with van der Waals surface area (Å²) in [7, 11) is 1.58. The maximum Gasteiger partial charge on any atom is 0.242 e. The molecule has 1 saturated heterocycles. The second-order valence-corrected chi connectivity index (χ2v) is 4.92. The van der Waals surface area contributed by atoms with Crippen molar-refractivity contribution in [3.8, 4) is 11.5 Å². The summed E-state index contributed by atoms with van der Waals surface area (Å²) in [5, 5.41) is 2.59. The van der Waals surface area contributed by atoms with Crippen LogP contribution < -0.4 is 14.8 Å². The highest BCUT2D eigenvalue weighted by Gasteiger charge is 2.26. The second kappa shape index (κ2) is 6.97. The molecule has 0 radical (unpaired) electrons. The molecule has 6 nitrogen and oxygen atoms in total. The molecule has 1 unspecified atom stereocenters. The van der Waals surface area contributed by atoms with Crippen molar-refractivity contribution in [1.82, 2.24) is 10.2 Å². The van der Waals surface area contributed by atoms with Crippen LogP contribution in [0.2, 0.25) is 0 Å². The molecular weight excluding hydrogens is 272 g/mol. The lowest BCUT2D eigenvalue weighted by Crippen LogP contribution is -2.42. The van der Waals surface area contributed by atoms with Gasteiger partial charge in [0.15, 0.2) is 11.5 Å². The van der Waals surface area contributed by atoms with Crippen LogP contribution in [-0.4, -0.2) is 49.6 Å². The van der Waals surface area contributed by atoms with Crippen molar-refractivity contribution in [2.75, 3.05) is 26.8 Å². The zero-order valence-corrected chi connectivity index (χ0v) is 12.3. The van der Waals surface area contributed by atoms with Gasteiger partial charge in [-0.1, -0.05) is 12.1 Å². The summed E-state index contributed by atoms with van der Waals surface area (Å²) in [6.45, 7) is 2.71. The number of rotatable bonds is 5. The quantitative estimate of drug-likeness (QED) is 0.872. The SMILES string of the molecule is COc1ccccc1OCCN1C(=O)CNC(=O)CC1C. The second-order valence-electron chi connectivity index (χ2n) is 4.92. The van der Waals surface area contributed by atoms with Gasteiger partial charge in [-0.3, -0.25) is 9.59 Å². The largest absolute Gasteiger partial charge is 0.493 e. The van der Waals surface area contributed by atoms with Crippen molar-refractivity contribution < 1.29 is 19.1 Å². The van der Waals surface area contributed by atoms with Gasteiger partial charge in [-0.25, -0.2) is 0 Å². The molecule has 1 aliphatic heterocycles. The minimum Gasteiger partial charge on any atom is -0.493 e. The number of ether oxygens (including phenoxy) is 2. The van der Waals surface area contributed by atoms with Crippen molar-refractivity contribution in [2.45, 2.75) is 19.4 Å². The van der Waals surface area contributed by atoms with Gasteiger partial charge in [-0.15, -0.1) is 0 Å². The Hall–Kier alpha value is -2.24. The fraction of sp³-hybridized carbons (Fsp3) is 0.467. The summed E-state index contributed by atoms with van der Waals surface area (Å²) in [5.41, 5.74) is 0. The van der Waals surface area contributed by atoms with E-state index in [-0.39, 0.29) is 24.4 Å². The van der Waals surface area contributed by atoms with E-state index in [0.29, 0.717) is 31.1 Å². The molecule has 114 valence electrons. The number of nitrogens with zero attached hydrogens (tertiary/aromatic N) is 1. The third-order valence-electron chi connectivity index (χ3n) is 3.43. The highest BCUT2D eigenvalue weighted by Crippen LogP contribution is 2.25. The van der Waals surface area contributed by atoms with Crippen LogP contribution in [0.3, 0.4) is 0 Å². The molecule has 1 atom stereocenters. The number of carbonyl (C=O) groups excluding carboxylic acids is 2. The molecule has 0 spiro atoms. The number of para-hydroxylation sites is 2. The lowest BCUT2D eigenvalue weighted by molar-refractivity contribution is -0.131. The smallest absolute Gasteiger partial charge is 0.242 e. The van der Waals surface area contributed by atoms with Crippen LogP contribution in [0.5, 0.6) is 11.5 Å². The Kier molecular flexibility index (Phi) is 5.03. The number of amides is 2. The first-order valence-electron chi connectivity index (χ1n) is 6.94. The highest BCUT2D eigenvalue weighted by atomic mass is 16.5. The Balaban J connectivity index is 1.92. The number of benzene rings is 1. The number of hydrogen-bond donors (Lipinski definition) is 1. The van der Waals surface area contributed by atoms with Crippen LogP contribution in [0.4, 0.5) is 0 Å². The van der Waals surface area contributed by atoms with Crippen molar-refractivity contribution in [2.24, 2.45) is 0 Å². The van der Waals surface area contributed by atoms with E-state index in [2.05, 4.69) is 5.32 Å². The molecular formula is C15H20N2O4. The first-order chi connectivity index (χ1) is 10.1. The predicted molar refractivity (Wildman–Crippen MR) is 77.3 cm³/mol. The van der Waals surface area contributed by atoms with Gasteiger partial charge in [0.25, 0.3) is 0 Å². The summed E-state index contributed by atoms with van der Waals surface area (Å²) in [6.07, 6.45) is 0.320. The summed E-state index contributed by atoms with van der Waals surface area (Å²) >= 11 is 0. The number of hydrogen-bond acceptors (Lipinski definition) is 4. The molecule has 2 rings (SSSR count). The molecule has 1 N–H and O–H groups in total. The molecule has 0 aliphatic carbocycles. The molecule has 1 aliphatic rings. The molecule has 2 amide bonds. The maximum absolute atomic E-state index is 12.0. The number of nitrogens with one attached hydrogen (secondary N) is 1. The third kappa shape index (κ3) is 3.87. The zero-order chi connectivity index (χ0) is 15.2. The van der Waals surface area contributed by atoms with Crippen LogP contribution >= 0.6 is 0 Å². The number of methoxy groups -OCH3 is 1. The van der Waals surface area contributed by atoms with Gasteiger partial charge in [0.1, 0.15) is 6.61 Å². The van der Waals surface area contributed by atoms with Crippen molar-refractivity contribution in [1.29, 1.82) is 0 Å². The average Bonchev–Trinajstić information content (AvgIpc) is 2.60. The third-order valence-corrected chi connectivity index (χ3v) is 3.43. The lowest BCUT2D eigenvalue weighted by Gasteiger charge is -2.26. The van der Waals surface area contributed by atoms with Crippen molar-refractivity contribution in [3.05, 3.63) is 24.3 Å². The molecule has 0 aromatic heterocycles. The zero-order valence-electron chi connectivity index (χ0n) is 12.3. The normalized spacial score (nSPS) is 19.0. The summed E-state index contributed by atoms with van der Waals surface area (Å²) in [6, 6.07) is 7.24. The molecule has 0 saturated carbocycles. The lowest BCUT2D eigenvalue weighted by atomic mass is 10.2. The fourth-order valence-corrected chi connectivity index (χ4v) is 2.31. The Bertz CT molecular complexity index is 518. The van der Waals surface area contributed by atoms with Gasteiger partial charge in [-0.05, 0) is 19.1 Å². The summed E-state index contributed by atoms with van der Waals surface area (Å²) < 4.78 is 10.9. The van der Waals surface area contributed by atoms with Crippen LogP contribution in [0.1, 0.15) is 13.3 Å². The first-order valence-corrected chi connectivity index (χ1v) is 6.94. The minimum absolute atomic E-state index is 0.0534. The van der Waals surface area contributed by atoms with E-state index in [9.17, 15) is 9.59 Å². The monoisotopic (exact) mass is 292 g/mol. The highest BCUT2D eigenvalue weighted by molar-refractivity contribution is 5.87. The Labute approximate surface area is 124 Å². The van der Waals surface area contributed by atoms with Crippen LogP contribution in [-0.2, 0) is 9.59 Å². The Morgan fingerprint density at radius 1 is 1.29 bits per heavy atom. The minimum atomic E-state index is -0.124. The van der Waals surface area contributed by atoms with E-state index in [1.54, 1.807) is 12.0 Å². The van der Waals surface area contributed by atoms with Gasteiger partial charge < -0.3 is 19.7 Å². The van der Waals surface area contributed by atoms with E-state index < -0.39 is 0 Å². The topological polar surface area (TPSA) is 67.9 Å². The molecule has 0 bridgehead atoms. The van der Waals surface area contributed by atoms with E-state index in [1.807, 2.05) is 31.2 Å². The number of carbonyl (C=O) groups is 2. The van der Waals surface area contributed by atoms with Crippen molar-refractivity contribution >= 4 is 11.8 Å². The average molecular weight is 292 g/mol. The summed E-state index contributed by atoms with van der Waals surface area (Å²) in [4.78, 5) is 25.1. The summed E-state index contributed by atoms with van der Waals surface area (Å²) in [5.74, 6) is 1.12. The molecule has 1 fully saturated rings. The Morgan fingerprint density at radius 2 is 2.00 bits per heavy atom. The van der Waals surface area contributed by atoms with Gasteiger partial charge in [0.05, 0.1) is 20.2 Å². The van der Waals surface area contributed by atoms with Crippen LogP contribution in [0, 0.1) is 0 Å². The van der Waals surface area contributed by atoms with Crippen LogP contribution in [0.15, 0.2) is 24.3 Å². The van der Waals surface area contributed by atoms with Gasteiger partial charge in [0, 0.05) is 12.5 Å². The predicted octanol–water partition coefficient (Wildman–Crippen LogP) is 0.811. The van der Waals surface area contributed by atoms with E-state index in [0.717, 1.165) is 0 Å². The van der Waals surface area contributed by atoms with E-state index >= 15 is 0 Å². The molecule has 6 heteroatoms. The Morgan fingerprint density at radius 3 is 2.71 bits per heavy atom. The van der Waals surface area contributed by atoms with Gasteiger partial charge in [-0.2, -0.15) is 0 Å². The molecule has 1 aromatic rings.